The number of esters is 1. The summed E-state index contributed by atoms with van der Waals surface area (Å²) in [7, 11) is 0. The molecule has 94 valence electrons. The van der Waals surface area contributed by atoms with Gasteiger partial charge in [0.25, 0.3) is 11.6 Å². The Morgan fingerprint density at radius 1 is 1.39 bits per heavy atom. The number of nitro groups is 1. The van der Waals surface area contributed by atoms with E-state index in [9.17, 15) is 19.7 Å². The molecule has 7 heteroatoms. The van der Waals surface area contributed by atoms with Crippen LogP contribution in [0.25, 0.3) is 0 Å². The lowest BCUT2D eigenvalue weighted by Crippen LogP contribution is -2.37. The number of hydrogen-bond acceptors (Lipinski definition) is 5. The summed E-state index contributed by atoms with van der Waals surface area (Å²) in [5.74, 6) is -0.904. The molecule has 0 unspecified atom stereocenters. The van der Waals surface area contributed by atoms with Crippen LogP contribution in [-0.2, 0) is 9.53 Å². The van der Waals surface area contributed by atoms with Gasteiger partial charge in [-0.2, -0.15) is 0 Å². The van der Waals surface area contributed by atoms with Crippen molar-refractivity contribution >= 4 is 17.6 Å². The Bertz CT molecular complexity index is 497. The van der Waals surface area contributed by atoms with Crippen molar-refractivity contribution in [3.05, 3.63) is 39.9 Å². The number of amides is 1. The molecule has 1 atom stereocenters. The number of hydrogen-bond donors (Lipinski definition) is 1. The largest absolute Gasteiger partial charge is 0.464 e. The molecule has 0 radical (unpaired) electrons. The third-order valence-corrected chi connectivity index (χ3v) is 2.58. The quantitative estimate of drug-likeness (QED) is 0.482. The Morgan fingerprint density at radius 2 is 2.06 bits per heavy atom. The molecule has 1 aliphatic heterocycles. The molecule has 0 bridgehead atoms. The van der Waals surface area contributed by atoms with Crippen LogP contribution >= 0.6 is 0 Å². The standard InChI is InChI=1S/C11H10N2O5/c14-10(12-9-5-6-18-11(9)15)7-1-3-8(4-2-7)13(16)17/h1-4,9H,5-6H2,(H,12,14)/t9-/m0/s1. The molecule has 0 spiro atoms. The maximum absolute atomic E-state index is 11.7. The van der Waals surface area contributed by atoms with Crippen molar-refractivity contribution in [3.63, 3.8) is 0 Å². The topological polar surface area (TPSA) is 98.5 Å². The highest BCUT2D eigenvalue weighted by atomic mass is 16.6. The predicted molar refractivity (Wildman–Crippen MR) is 59.9 cm³/mol. The number of nitrogens with one attached hydrogen (secondary N) is 1. The molecule has 1 N–H and O–H groups in total. The van der Waals surface area contributed by atoms with Gasteiger partial charge in [0.2, 0.25) is 0 Å². The van der Waals surface area contributed by atoms with Crippen LogP contribution in [0.15, 0.2) is 24.3 Å². The van der Waals surface area contributed by atoms with Crippen LogP contribution in [0.1, 0.15) is 16.8 Å². The molecule has 1 aliphatic rings. The van der Waals surface area contributed by atoms with Gasteiger partial charge in [-0.1, -0.05) is 0 Å². The summed E-state index contributed by atoms with van der Waals surface area (Å²) in [6.45, 7) is 0.296. The molecule has 0 aromatic heterocycles. The molecule has 1 amide bonds. The average molecular weight is 250 g/mol. The van der Waals surface area contributed by atoms with Crippen LogP contribution in [-0.4, -0.2) is 29.4 Å². The van der Waals surface area contributed by atoms with Gasteiger partial charge in [-0.15, -0.1) is 0 Å². The van der Waals surface area contributed by atoms with Crippen molar-refractivity contribution in [2.24, 2.45) is 0 Å². The molecule has 1 saturated heterocycles. The number of benzene rings is 1. The minimum absolute atomic E-state index is 0.0909. The van der Waals surface area contributed by atoms with Crippen LogP contribution in [0.3, 0.4) is 0 Å². The number of rotatable bonds is 3. The zero-order valence-electron chi connectivity index (χ0n) is 9.29. The lowest BCUT2D eigenvalue weighted by molar-refractivity contribution is -0.384. The number of carbonyl (C=O) groups is 2. The van der Waals surface area contributed by atoms with Gasteiger partial charge < -0.3 is 10.1 Å². The summed E-state index contributed by atoms with van der Waals surface area (Å²) in [6, 6.07) is 4.53. The number of ether oxygens (including phenoxy) is 1. The molecular formula is C11H10N2O5. The van der Waals surface area contributed by atoms with Gasteiger partial charge >= 0.3 is 5.97 Å². The SMILES string of the molecule is O=C(N[C@H]1CCOC1=O)c1ccc([N+](=O)[O-])cc1. The lowest BCUT2D eigenvalue weighted by atomic mass is 10.1. The van der Waals surface area contributed by atoms with E-state index in [4.69, 9.17) is 4.74 Å². The van der Waals surface area contributed by atoms with Crippen molar-refractivity contribution in [3.8, 4) is 0 Å². The first-order valence-corrected chi connectivity index (χ1v) is 5.30. The molecule has 7 nitrogen and oxygen atoms in total. The molecule has 18 heavy (non-hydrogen) atoms. The van der Waals surface area contributed by atoms with Gasteiger partial charge in [-0.25, -0.2) is 4.79 Å². The van der Waals surface area contributed by atoms with Crippen LogP contribution < -0.4 is 5.32 Å². The summed E-state index contributed by atoms with van der Waals surface area (Å²) in [5, 5.41) is 13.0. The first-order valence-electron chi connectivity index (χ1n) is 5.30. The summed E-state index contributed by atoms with van der Waals surface area (Å²) >= 11 is 0. The maximum atomic E-state index is 11.7. The molecule has 0 aliphatic carbocycles. The minimum Gasteiger partial charge on any atom is -0.464 e. The Kier molecular flexibility index (Phi) is 3.22. The average Bonchev–Trinajstić information content (AvgIpc) is 2.75. The van der Waals surface area contributed by atoms with Crippen LogP contribution in [0.5, 0.6) is 0 Å². The monoisotopic (exact) mass is 250 g/mol. The van der Waals surface area contributed by atoms with Crippen molar-refractivity contribution < 1.29 is 19.2 Å². The second-order valence-electron chi connectivity index (χ2n) is 3.79. The number of nitro benzene ring substituents is 1. The van der Waals surface area contributed by atoms with E-state index >= 15 is 0 Å². The van der Waals surface area contributed by atoms with Gasteiger partial charge in [-0.3, -0.25) is 14.9 Å². The zero-order chi connectivity index (χ0) is 13.1. The number of carbonyl (C=O) groups excluding carboxylic acids is 2. The molecule has 1 aromatic rings. The number of nitrogens with zero attached hydrogens (tertiary/aromatic N) is 1. The second-order valence-corrected chi connectivity index (χ2v) is 3.79. The van der Waals surface area contributed by atoms with E-state index in [1.54, 1.807) is 0 Å². The first kappa shape index (κ1) is 12.0. The van der Waals surface area contributed by atoms with E-state index < -0.39 is 22.8 Å². The number of cyclic esters (lactones) is 1. The Balaban J connectivity index is 2.04. The minimum atomic E-state index is -0.632. The Labute approximate surface area is 102 Å². The highest BCUT2D eigenvalue weighted by Gasteiger charge is 2.28. The van der Waals surface area contributed by atoms with Crippen molar-refractivity contribution in [1.82, 2.24) is 5.32 Å². The van der Waals surface area contributed by atoms with E-state index in [1.807, 2.05) is 0 Å². The zero-order valence-corrected chi connectivity index (χ0v) is 9.29. The van der Waals surface area contributed by atoms with Crippen molar-refractivity contribution in [1.29, 1.82) is 0 Å². The third-order valence-electron chi connectivity index (χ3n) is 2.58. The van der Waals surface area contributed by atoms with Crippen molar-refractivity contribution in [2.75, 3.05) is 6.61 Å². The lowest BCUT2D eigenvalue weighted by Gasteiger charge is -2.08. The normalized spacial score (nSPS) is 18.2. The fraction of sp³-hybridized carbons (Fsp3) is 0.273. The summed E-state index contributed by atoms with van der Waals surface area (Å²) in [4.78, 5) is 32.8. The Morgan fingerprint density at radius 3 is 2.56 bits per heavy atom. The molecule has 1 heterocycles. The van der Waals surface area contributed by atoms with E-state index in [0.29, 0.717) is 13.0 Å². The van der Waals surface area contributed by atoms with Gasteiger partial charge in [0.1, 0.15) is 6.04 Å². The highest BCUT2D eigenvalue weighted by Crippen LogP contribution is 2.13. The predicted octanol–water partition coefficient (Wildman–Crippen LogP) is 0.640. The smallest absolute Gasteiger partial charge is 0.328 e. The first-order chi connectivity index (χ1) is 8.58. The highest BCUT2D eigenvalue weighted by molar-refractivity contribution is 5.97. The Hall–Kier alpha value is -2.44. The summed E-state index contributed by atoms with van der Waals surface area (Å²) in [5.41, 5.74) is 0.173. The van der Waals surface area contributed by atoms with E-state index in [1.165, 1.54) is 24.3 Å². The fourth-order valence-corrected chi connectivity index (χ4v) is 1.60. The third kappa shape index (κ3) is 2.45. The van der Waals surface area contributed by atoms with Gasteiger partial charge in [0.15, 0.2) is 0 Å². The van der Waals surface area contributed by atoms with Crippen molar-refractivity contribution in [2.45, 2.75) is 12.5 Å². The number of non-ortho nitro benzene ring substituents is 1. The van der Waals surface area contributed by atoms with E-state index in [-0.39, 0.29) is 11.3 Å². The van der Waals surface area contributed by atoms with Crippen LogP contribution in [0.4, 0.5) is 5.69 Å². The van der Waals surface area contributed by atoms with Gasteiger partial charge in [0.05, 0.1) is 11.5 Å². The van der Waals surface area contributed by atoms with Crippen LogP contribution in [0, 0.1) is 10.1 Å². The maximum Gasteiger partial charge on any atom is 0.328 e. The molecule has 1 aromatic carbocycles. The molecular weight excluding hydrogens is 240 g/mol. The fourth-order valence-electron chi connectivity index (χ4n) is 1.60. The van der Waals surface area contributed by atoms with E-state index in [0.717, 1.165) is 0 Å². The molecule has 1 fully saturated rings. The van der Waals surface area contributed by atoms with E-state index in [2.05, 4.69) is 5.32 Å². The molecule has 0 saturated carbocycles. The van der Waals surface area contributed by atoms with Gasteiger partial charge in [0, 0.05) is 24.1 Å². The second kappa shape index (κ2) is 4.82. The summed E-state index contributed by atoms with van der Waals surface area (Å²) in [6.07, 6.45) is 0.442. The molecule has 2 rings (SSSR count). The van der Waals surface area contributed by atoms with Gasteiger partial charge in [-0.05, 0) is 12.1 Å². The summed E-state index contributed by atoms with van der Waals surface area (Å²) < 4.78 is 4.71. The van der Waals surface area contributed by atoms with Crippen LogP contribution in [0.2, 0.25) is 0 Å².